The zero-order chi connectivity index (χ0) is 12.7. The summed E-state index contributed by atoms with van der Waals surface area (Å²) in [5.74, 6) is 0.507. The Hall–Kier alpha value is -1.65. The summed E-state index contributed by atoms with van der Waals surface area (Å²) in [6.45, 7) is 4.91. The molecule has 0 aliphatic carbocycles. The Bertz CT molecular complexity index is 367. The molecule has 0 N–H and O–H groups in total. The summed E-state index contributed by atoms with van der Waals surface area (Å²) in [4.78, 5) is 19.1. The molecule has 0 unspecified atom stereocenters. The van der Waals surface area contributed by atoms with Crippen LogP contribution in [0.25, 0.3) is 0 Å². The van der Waals surface area contributed by atoms with Crippen molar-refractivity contribution in [3.8, 4) is 5.88 Å². The number of aromatic nitrogens is 2. The van der Waals surface area contributed by atoms with Crippen LogP contribution in [-0.2, 0) is 4.74 Å². The summed E-state index contributed by atoms with van der Waals surface area (Å²) in [6, 6.07) is 0. The molecule has 0 aliphatic heterocycles. The third-order valence-corrected chi connectivity index (χ3v) is 2.18. The maximum atomic E-state index is 11.2. The van der Waals surface area contributed by atoms with Gasteiger partial charge >= 0.3 is 5.97 Å². The summed E-state index contributed by atoms with van der Waals surface area (Å²) in [5.41, 5.74) is 0.161. The largest absolute Gasteiger partial charge is 0.477 e. The Morgan fingerprint density at radius 2 is 2.18 bits per heavy atom. The third-order valence-electron chi connectivity index (χ3n) is 2.18. The summed E-state index contributed by atoms with van der Waals surface area (Å²) >= 11 is 0. The topological polar surface area (TPSA) is 61.3 Å². The van der Waals surface area contributed by atoms with Crippen molar-refractivity contribution in [2.24, 2.45) is 5.92 Å². The fourth-order valence-electron chi connectivity index (χ4n) is 1.29. The lowest BCUT2D eigenvalue weighted by Crippen LogP contribution is -2.07. The minimum atomic E-state index is -0.509. The van der Waals surface area contributed by atoms with E-state index in [2.05, 4.69) is 28.6 Å². The number of carbonyl (C=O) groups is 1. The highest BCUT2D eigenvalue weighted by molar-refractivity contribution is 5.86. The fraction of sp³-hybridized carbons (Fsp3) is 0.583. The van der Waals surface area contributed by atoms with Crippen LogP contribution < -0.4 is 4.74 Å². The molecule has 0 aliphatic rings. The van der Waals surface area contributed by atoms with E-state index in [0.29, 0.717) is 18.4 Å². The van der Waals surface area contributed by atoms with Crippen molar-refractivity contribution in [1.82, 2.24) is 9.97 Å². The quantitative estimate of drug-likeness (QED) is 0.561. The van der Waals surface area contributed by atoms with Gasteiger partial charge in [0, 0.05) is 0 Å². The molecule has 94 valence electrons. The average molecular weight is 238 g/mol. The van der Waals surface area contributed by atoms with E-state index in [4.69, 9.17) is 4.74 Å². The lowest BCUT2D eigenvalue weighted by Gasteiger charge is -2.07. The standard InChI is InChI=1S/C12H18N2O3/c1-9(2)5-4-6-17-11-8-13-7-10(14-11)12(15)16-3/h7-9H,4-6H2,1-3H3. The van der Waals surface area contributed by atoms with E-state index in [1.165, 1.54) is 19.5 Å². The van der Waals surface area contributed by atoms with Gasteiger partial charge in [0.05, 0.1) is 26.1 Å². The molecule has 5 nitrogen and oxygen atoms in total. The highest BCUT2D eigenvalue weighted by atomic mass is 16.5. The predicted molar refractivity (Wildman–Crippen MR) is 62.9 cm³/mol. The Morgan fingerprint density at radius 3 is 2.82 bits per heavy atom. The maximum absolute atomic E-state index is 11.2. The van der Waals surface area contributed by atoms with E-state index >= 15 is 0 Å². The van der Waals surface area contributed by atoms with Crippen LogP contribution in [0.3, 0.4) is 0 Å². The molecular weight excluding hydrogens is 220 g/mol. The molecule has 5 heteroatoms. The number of methoxy groups -OCH3 is 1. The molecule has 0 radical (unpaired) electrons. The van der Waals surface area contributed by atoms with Crippen LogP contribution in [0.15, 0.2) is 12.4 Å². The minimum Gasteiger partial charge on any atom is -0.477 e. The smallest absolute Gasteiger partial charge is 0.358 e. The van der Waals surface area contributed by atoms with Gasteiger partial charge in [-0.25, -0.2) is 9.78 Å². The fourth-order valence-corrected chi connectivity index (χ4v) is 1.29. The second kappa shape index (κ2) is 6.83. The highest BCUT2D eigenvalue weighted by Gasteiger charge is 2.08. The third kappa shape index (κ3) is 4.80. The van der Waals surface area contributed by atoms with Crippen LogP contribution in [0.2, 0.25) is 0 Å². The van der Waals surface area contributed by atoms with Gasteiger partial charge < -0.3 is 9.47 Å². The van der Waals surface area contributed by atoms with Gasteiger partial charge in [-0.05, 0) is 18.8 Å². The number of esters is 1. The maximum Gasteiger partial charge on any atom is 0.358 e. The van der Waals surface area contributed by atoms with E-state index < -0.39 is 5.97 Å². The lowest BCUT2D eigenvalue weighted by atomic mass is 10.1. The van der Waals surface area contributed by atoms with Crippen molar-refractivity contribution in [1.29, 1.82) is 0 Å². The first kappa shape index (κ1) is 13.4. The zero-order valence-corrected chi connectivity index (χ0v) is 10.5. The Morgan fingerprint density at radius 1 is 1.41 bits per heavy atom. The molecule has 0 amide bonds. The van der Waals surface area contributed by atoms with E-state index in [1.54, 1.807) is 0 Å². The molecule has 17 heavy (non-hydrogen) atoms. The normalized spacial score (nSPS) is 10.4. The zero-order valence-electron chi connectivity index (χ0n) is 10.5. The first-order chi connectivity index (χ1) is 8.13. The van der Waals surface area contributed by atoms with Crippen molar-refractivity contribution < 1.29 is 14.3 Å². The molecule has 0 saturated carbocycles. The van der Waals surface area contributed by atoms with Gasteiger partial charge in [-0.2, -0.15) is 0 Å². The summed E-state index contributed by atoms with van der Waals surface area (Å²) in [7, 11) is 1.31. The molecular formula is C12H18N2O3. The molecule has 0 aromatic carbocycles. The van der Waals surface area contributed by atoms with E-state index in [0.717, 1.165) is 12.8 Å². The van der Waals surface area contributed by atoms with Crippen molar-refractivity contribution in [3.05, 3.63) is 18.1 Å². The van der Waals surface area contributed by atoms with Gasteiger partial charge in [-0.15, -0.1) is 0 Å². The molecule has 1 rings (SSSR count). The molecule has 1 aromatic rings. The minimum absolute atomic E-state index is 0.161. The lowest BCUT2D eigenvalue weighted by molar-refractivity contribution is 0.0592. The van der Waals surface area contributed by atoms with Gasteiger partial charge in [0.2, 0.25) is 5.88 Å². The number of nitrogens with zero attached hydrogens (tertiary/aromatic N) is 2. The van der Waals surface area contributed by atoms with Crippen LogP contribution in [0.4, 0.5) is 0 Å². The molecule has 1 aromatic heterocycles. The van der Waals surface area contributed by atoms with Crippen LogP contribution >= 0.6 is 0 Å². The molecule has 0 saturated heterocycles. The van der Waals surface area contributed by atoms with E-state index in [9.17, 15) is 4.79 Å². The first-order valence-electron chi connectivity index (χ1n) is 5.66. The second-order valence-corrected chi connectivity index (χ2v) is 4.12. The van der Waals surface area contributed by atoms with Crippen molar-refractivity contribution in [2.45, 2.75) is 26.7 Å². The Labute approximate surface area is 101 Å². The van der Waals surface area contributed by atoms with Crippen molar-refractivity contribution in [2.75, 3.05) is 13.7 Å². The van der Waals surface area contributed by atoms with Crippen molar-refractivity contribution >= 4 is 5.97 Å². The van der Waals surface area contributed by atoms with E-state index in [-0.39, 0.29) is 5.69 Å². The van der Waals surface area contributed by atoms with Gasteiger partial charge in [0.1, 0.15) is 0 Å². The SMILES string of the molecule is COC(=O)c1cncc(OCCCC(C)C)n1. The number of hydrogen-bond donors (Lipinski definition) is 0. The summed E-state index contributed by atoms with van der Waals surface area (Å²) < 4.78 is 9.96. The molecule has 0 bridgehead atoms. The van der Waals surface area contributed by atoms with Gasteiger partial charge in [-0.1, -0.05) is 13.8 Å². The van der Waals surface area contributed by atoms with E-state index in [1.807, 2.05) is 0 Å². The number of rotatable bonds is 6. The monoisotopic (exact) mass is 238 g/mol. The molecule has 0 spiro atoms. The van der Waals surface area contributed by atoms with Gasteiger partial charge in [-0.3, -0.25) is 4.98 Å². The Kier molecular flexibility index (Phi) is 5.39. The molecule has 0 fully saturated rings. The van der Waals surface area contributed by atoms with Crippen LogP contribution in [-0.4, -0.2) is 29.7 Å². The number of ether oxygens (including phenoxy) is 2. The van der Waals surface area contributed by atoms with Gasteiger partial charge in [0.15, 0.2) is 5.69 Å². The predicted octanol–water partition coefficient (Wildman–Crippen LogP) is 2.08. The number of hydrogen-bond acceptors (Lipinski definition) is 5. The second-order valence-electron chi connectivity index (χ2n) is 4.12. The Balaban J connectivity index is 2.46. The van der Waals surface area contributed by atoms with Crippen LogP contribution in [0.5, 0.6) is 5.88 Å². The molecule has 0 atom stereocenters. The van der Waals surface area contributed by atoms with Crippen molar-refractivity contribution in [3.63, 3.8) is 0 Å². The first-order valence-corrected chi connectivity index (χ1v) is 5.66. The summed E-state index contributed by atoms with van der Waals surface area (Å²) in [6.07, 6.45) is 4.90. The summed E-state index contributed by atoms with van der Waals surface area (Å²) in [5, 5.41) is 0. The average Bonchev–Trinajstić information content (AvgIpc) is 2.34. The van der Waals surface area contributed by atoms with Crippen LogP contribution in [0, 0.1) is 5.92 Å². The van der Waals surface area contributed by atoms with Crippen LogP contribution in [0.1, 0.15) is 37.2 Å². The molecule has 1 heterocycles. The van der Waals surface area contributed by atoms with Gasteiger partial charge in [0.25, 0.3) is 0 Å². The number of carbonyl (C=O) groups excluding carboxylic acids is 1. The highest BCUT2D eigenvalue weighted by Crippen LogP contribution is 2.08.